The predicted octanol–water partition coefficient (Wildman–Crippen LogP) is 3.90. The minimum absolute atomic E-state index is 0.147. The van der Waals surface area contributed by atoms with E-state index in [0.717, 1.165) is 4.90 Å². The molecule has 0 radical (unpaired) electrons. The first-order chi connectivity index (χ1) is 17.4. The smallest absolute Gasteiger partial charge is 0.335 e. The topological polar surface area (TPSA) is 114 Å². The quantitative estimate of drug-likeness (QED) is 0.388. The summed E-state index contributed by atoms with van der Waals surface area (Å²) in [5.41, 5.74) is 2.06. The summed E-state index contributed by atoms with van der Waals surface area (Å²) in [5, 5.41) is 4.90. The van der Waals surface area contributed by atoms with E-state index in [-0.39, 0.29) is 18.1 Å². The van der Waals surface area contributed by atoms with Crippen LogP contribution in [0.1, 0.15) is 18.1 Å². The molecule has 0 saturated carbocycles. The highest BCUT2D eigenvalue weighted by Gasteiger charge is 2.36. The van der Waals surface area contributed by atoms with Gasteiger partial charge in [0.1, 0.15) is 23.7 Å². The number of carbonyl (C=O) groups is 4. The summed E-state index contributed by atoms with van der Waals surface area (Å²) in [6, 6.07) is 19.6. The molecule has 0 bridgehead atoms. The first-order valence-electron chi connectivity index (χ1n) is 11.0. The van der Waals surface area contributed by atoms with Crippen LogP contribution in [0.2, 0.25) is 0 Å². The Hall–Kier alpha value is -4.92. The molecule has 4 rings (SSSR count). The molecule has 2 N–H and O–H groups in total. The molecule has 3 aromatic rings. The number of rotatable bonds is 7. The molecule has 0 aromatic heterocycles. The average molecular weight is 485 g/mol. The number of amides is 5. The van der Waals surface area contributed by atoms with Crippen LogP contribution in [0.25, 0.3) is 6.08 Å². The number of benzene rings is 3. The molecule has 0 spiro atoms. The molecule has 1 saturated heterocycles. The van der Waals surface area contributed by atoms with Crippen molar-refractivity contribution in [2.24, 2.45) is 0 Å². The normalized spacial score (nSPS) is 14.4. The molecule has 9 heteroatoms. The number of hydrogen-bond donors (Lipinski definition) is 2. The predicted molar refractivity (Wildman–Crippen MR) is 134 cm³/mol. The van der Waals surface area contributed by atoms with E-state index in [1.54, 1.807) is 72.8 Å². The highest BCUT2D eigenvalue weighted by molar-refractivity contribution is 6.39. The molecular weight excluding hydrogens is 462 g/mol. The van der Waals surface area contributed by atoms with E-state index in [1.165, 1.54) is 20.1 Å². The van der Waals surface area contributed by atoms with Crippen LogP contribution >= 0.6 is 0 Å². The van der Waals surface area contributed by atoms with Gasteiger partial charge < -0.3 is 14.8 Å². The molecule has 9 nitrogen and oxygen atoms in total. The first kappa shape index (κ1) is 24.2. The Balaban J connectivity index is 1.56. The van der Waals surface area contributed by atoms with Gasteiger partial charge in [-0.2, -0.15) is 0 Å². The van der Waals surface area contributed by atoms with Gasteiger partial charge in [-0.25, -0.2) is 9.69 Å². The van der Waals surface area contributed by atoms with Crippen LogP contribution in [0.15, 0.2) is 78.4 Å². The van der Waals surface area contributed by atoms with Gasteiger partial charge in [-0.1, -0.05) is 24.3 Å². The van der Waals surface area contributed by atoms with Crippen molar-refractivity contribution in [2.45, 2.75) is 13.5 Å². The molecule has 5 amide bonds. The van der Waals surface area contributed by atoms with Gasteiger partial charge in [0.25, 0.3) is 11.8 Å². The van der Waals surface area contributed by atoms with E-state index < -0.39 is 17.8 Å². The molecular formula is C27H23N3O6. The molecule has 0 atom stereocenters. The standard InChI is InChI=1S/C27H23N3O6/c1-17(31)28-20-9-11-22(12-10-20)36-16-19-14-18(8-13-24(19)35-2)15-23-25(32)29-27(34)30(26(23)33)21-6-4-3-5-7-21/h3-15H,16H2,1-2H3,(H,28,31)(H,29,32,34)/b23-15+. The first-order valence-corrected chi connectivity index (χ1v) is 11.0. The van der Waals surface area contributed by atoms with E-state index in [9.17, 15) is 19.2 Å². The minimum Gasteiger partial charge on any atom is -0.496 e. The minimum atomic E-state index is -0.804. The second kappa shape index (κ2) is 10.6. The molecule has 182 valence electrons. The molecule has 1 aliphatic rings. The summed E-state index contributed by atoms with van der Waals surface area (Å²) in [7, 11) is 1.53. The molecule has 1 aliphatic heterocycles. The maximum absolute atomic E-state index is 13.1. The third-order valence-corrected chi connectivity index (χ3v) is 5.30. The van der Waals surface area contributed by atoms with Crippen molar-refractivity contribution in [1.82, 2.24) is 5.32 Å². The summed E-state index contributed by atoms with van der Waals surface area (Å²) < 4.78 is 11.3. The Morgan fingerprint density at radius 3 is 2.39 bits per heavy atom. The number of nitrogens with one attached hydrogen (secondary N) is 2. The van der Waals surface area contributed by atoms with Crippen molar-refractivity contribution < 1.29 is 28.7 Å². The van der Waals surface area contributed by atoms with Crippen molar-refractivity contribution in [3.05, 3.63) is 89.5 Å². The number of para-hydroxylation sites is 1. The van der Waals surface area contributed by atoms with E-state index in [4.69, 9.17) is 9.47 Å². The average Bonchev–Trinajstić information content (AvgIpc) is 2.86. The van der Waals surface area contributed by atoms with Crippen molar-refractivity contribution >= 4 is 41.2 Å². The van der Waals surface area contributed by atoms with Gasteiger partial charge in [-0.3, -0.25) is 19.7 Å². The Morgan fingerprint density at radius 2 is 1.72 bits per heavy atom. The van der Waals surface area contributed by atoms with Gasteiger partial charge in [0.05, 0.1) is 12.8 Å². The Morgan fingerprint density at radius 1 is 1.00 bits per heavy atom. The number of anilines is 2. The number of carbonyl (C=O) groups excluding carboxylic acids is 4. The third-order valence-electron chi connectivity index (χ3n) is 5.30. The second-order valence-corrected chi connectivity index (χ2v) is 7.86. The van der Waals surface area contributed by atoms with Crippen LogP contribution in [0.3, 0.4) is 0 Å². The maximum Gasteiger partial charge on any atom is 0.335 e. The van der Waals surface area contributed by atoms with Crippen molar-refractivity contribution in [2.75, 3.05) is 17.3 Å². The molecule has 0 aliphatic carbocycles. The number of urea groups is 1. The summed E-state index contributed by atoms with van der Waals surface area (Å²) in [4.78, 5) is 50.0. The van der Waals surface area contributed by atoms with E-state index >= 15 is 0 Å². The van der Waals surface area contributed by atoms with Gasteiger partial charge >= 0.3 is 6.03 Å². The molecule has 0 unspecified atom stereocenters. The lowest BCUT2D eigenvalue weighted by atomic mass is 10.0. The third kappa shape index (κ3) is 5.41. The van der Waals surface area contributed by atoms with Crippen molar-refractivity contribution in [1.29, 1.82) is 0 Å². The van der Waals surface area contributed by atoms with Gasteiger partial charge in [-0.15, -0.1) is 0 Å². The number of ether oxygens (including phenoxy) is 2. The number of imide groups is 2. The maximum atomic E-state index is 13.1. The largest absolute Gasteiger partial charge is 0.496 e. The number of barbiturate groups is 1. The molecule has 3 aromatic carbocycles. The van der Waals surface area contributed by atoms with Crippen LogP contribution in [0, 0.1) is 0 Å². The van der Waals surface area contributed by atoms with E-state index in [0.29, 0.717) is 34.0 Å². The Bertz CT molecular complexity index is 1350. The van der Waals surface area contributed by atoms with Crippen LogP contribution in [0.5, 0.6) is 11.5 Å². The van der Waals surface area contributed by atoms with Gasteiger partial charge in [0, 0.05) is 18.2 Å². The fraction of sp³-hybridized carbons (Fsp3) is 0.111. The van der Waals surface area contributed by atoms with Crippen LogP contribution < -0.4 is 25.0 Å². The fourth-order valence-corrected chi connectivity index (χ4v) is 3.64. The van der Waals surface area contributed by atoms with Crippen LogP contribution in [0.4, 0.5) is 16.2 Å². The summed E-state index contributed by atoms with van der Waals surface area (Å²) in [6.07, 6.45) is 1.42. The highest BCUT2D eigenvalue weighted by Crippen LogP contribution is 2.26. The Labute approximate surface area is 207 Å². The van der Waals surface area contributed by atoms with Gasteiger partial charge in [0.15, 0.2) is 0 Å². The number of methoxy groups -OCH3 is 1. The monoisotopic (exact) mass is 485 g/mol. The lowest BCUT2D eigenvalue weighted by Gasteiger charge is -2.26. The van der Waals surface area contributed by atoms with E-state index in [2.05, 4.69) is 10.6 Å². The zero-order valence-electron chi connectivity index (χ0n) is 19.6. The molecule has 1 fully saturated rings. The molecule has 36 heavy (non-hydrogen) atoms. The summed E-state index contributed by atoms with van der Waals surface area (Å²) in [6.45, 7) is 1.58. The lowest BCUT2D eigenvalue weighted by Crippen LogP contribution is -2.54. The SMILES string of the molecule is COc1ccc(/C=C2\C(=O)NC(=O)N(c3ccccc3)C2=O)cc1COc1ccc(NC(C)=O)cc1. The summed E-state index contributed by atoms with van der Waals surface area (Å²) >= 11 is 0. The van der Waals surface area contributed by atoms with Crippen LogP contribution in [-0.2, 0) is 21.0 Å². The zero-order valence-corrected chi connectivity index (χ0v) is 19.6. The van der Waals surface area contributed by atoms with E-state index in [1.807, 2.05) is 0 Å². The number of nitrogens with zero attached hydrogens (tertiary/aromatic N) is 1. The molecule has 1 heterocycles. The second-order valence-electron chi connectivity index (χ2n) is 7.86. The highest BCUT2D eigenvalue weighted by atomic mass is 16.5. The lowest BCUT2D eigenvalue weighted by molar-refractivity contribution is -0.122. The van der Waals surface area contributed by atoms with Crippen LogP contribution in [-0.4, -0.2) is 30.9 Å². The number of hydrogen-bond acceptors (Lipinski definition) is 6. The fourth-order valence-electron chi connectivity index (χ4n) is 3.64. The van der Waals surface area contributed by atoms with Crippen molar-refractivity contribution in [3.63, 3.8) is 0 Å². The zero-order chi connectivity index (χ0) is 25.7. The van der Waals surface area contributed by atoms with Gasteiger partial charge in [0.2, 0.25) is 5.91 Å². The van der Waals surface area contributed by atoms with Gasteiger partial charge in [-0.05, 0) is 60.2 Å². The Kier molecular flexibility index (Phi) is 7.10. The van der Waals surface area contributed by atoms with Crippen molar-refractivity contribution in [3.8, 4) is 11.5 Å². The summed E-state index contributed by atoms with van der Waals surface area (Å²) in [5.74, 6) is -0.519.